The van der Waals surface area contributed by atoms with E-state index in [0.29, 0.717) is 5.02 Å². The molecule has 0 saturated carbocycles. The second kappa shape index (κ2) is 6.26. The lowest BCUT2D eigenvalue weighted by Gasteiger charge is -2.28. The average molecular weight is 326 g/mol. The number of aliphatic hydroxyl groups is 1. The van der Waals surface area contributed by atoms with Gasteiger partial charge in [-0.15, -0.1) is 0 Å². The Hall–Kier alpha value is -1.59. The van der Waals surface area contributed by atoms with Gasteiger partial charge in [-0.05, 0) is 38.5 Å². The Morgan fingerprint density at radius 3 is 2.45 bits per heavy atom. The van der Waals surface area contributed by atoms with Crippen LogP contribution in [0.15, 0.2) is 24.3 Å². The van der Waals surface area contributed by atoms with Gasteiger partial charge in [0.15, 0.2) is 0 Å². The number of nitrogens with zero attached hydrogens (tertiary/aromatic N) is 1. The van der Waals surface area contributed by atoms with Gasteiger partial charge in [-0.1, -0.05) is 23.7 Å². The first-order valence-corrected chi connectivity index (χ1v) is 7.52. The molecule has 2 amide bonds. The Kier molecular flexibility index (Phi) is 4.78. The number of hydrogen-bond acceptors (Lipinski definition) is 4. The van der Waals surface area contributed by atoms with E-state index in [0.717, 1.165) is 10.5 Å². The van der Waals surface area contributed by atoms with Crippen LogP contribution in [-0.4, -0.2) is 40.3 Å². The van der Waals surface area contributed by atoms with Crippen molar-refractivity contribution in [2.45, 2.75) is 44.8 Å². The fourth-order valence-corrected chi connectivity index (χ4v) is 2.72. The molecule has 1 aliphatic heterocycles. The van der Waals surface area contributed by atoms with Gasteiger partial charge in [0.1, 0.15) is 5.60 Å². The maximum Gasteiger partial charge on any atom is 0.417 e. The van der Waals surface area contributed by atoms with E-state index in [2.05, 4.69) is 0 Å². The molecular weight excluding hydrogens is 306 g/mol. The maximum atomic E-state index is 12.2. The van der Waals surface area contributed by atoms with E-state index in [1.165, 1.54) is 0 Å². The summed E-state index contributed by atoms with van der Waals surface area (Å²) >= 11 is 5.87. The van der Waals surface area contributed by atoms with Gasteiger partial charge in [0.05, 0.1) is 12.6 Å². The molecule has 5 nitrogen and oxygen atoms in total. The molecule has 2 atom stereocenters. The maximum absolute atomic E-state index is 12.2. The van der Waals surface area contributed by atoms with Crippen LogP contribution in [0.25, 0.3) is 0 Å². The zero-order valence-corrected chi connectivity index (χ0v) is 13.6. The van der Waals surface area contributed by atoms with Crippen LogP contribution in [-0.2, 0) is 9.53 Å². The Balaban J connectivity index is 2.24. The summed E-state index contributed by atoms with van der Waals surface area (Å²) < 4.78 is 5.26. The van der Waals surface area contributed by atoms with Crippen molar-refractivity contribution < 1.29 is 19.4 Å². The molecule has 1 heterocycles. The second-order valence-corrected chi connectivity index (χ2v) is 6.79. The number of carbonyl (C=O) groups excluding carboxylic acids is 2. The van der Waals surface area contributed by atoms with E-state index in [1.54, 1.807) is 32.9 Å². The van der Waals surface area contributed by atoms with E-state index in [-0.39, 0.29) is 24.9 Å². The van der Waals surface area contributed by atoms with E-state index in [9.17, 15) is 14.7 Å². The van der Waals surface area contributed by atoms with Crippen LogP contribution in [0.5, 0.6) is 0 Å². The Bertz CT molecular complexity index is 565. The van der Waals surface area contributed by atoms with Crippen LogP contribution in [0.1, 0.15) is 38.7 Å². The molecule has 1 N–H and O–H groups in total. The summed E-state index contributed by atoms with van der Waals surface area (Å²) in [5.41, 5.74) is 0.165. The highest BCUT2D eigenvalue weighted by molar-refractivity contribution is 6.30. The molecule has 0 aliphatic carbocycles. The van der Waals surface area contributed by atoms with Crippen LogP contribution >= 0.6 is 11.6 Å². The van der Waals surface area contributed by atoms with Crippen LogP contribution in [0.4, 0.5) is 4.79 Å². The number of ether oxygens (including phenoxy) is 1. The predicted octanol–water partition coefficient (Wildman–Crippen LogP) is 2.95. The van der Waals surface area contributed by atoms with Crippen LogP contribution in [0, 0.1) is 0 Å². The largest absolute Gasteiger partial charge is 0.443 e. The smallest absolute Gasteiger partial charge is 0.417 e. The summed E-state index contributed by atoms with van der Waals surface area (Å²) in [5, 5.41) is 10.3. The zero-order chi connectivity index (χ0) is 16.5. The Labute approximate surface area is 134 Å². The lowest BCUT2D eigenvalue weighted by atomic mass is 9.92. The third-order valence-electron chi connectivity index (χ3n) is 3.53. The average Bonchev–Trinajstić information content (AvgIpc) is 2.74. The number of aliphatic hydroxyl groups excluding tert-OH is 1. The fourth-order valence-electron chi connectivity index (χ4n) is 2.59. The summed E-state index contributed by atoms with van der Waals surface area (Å²) in [4.78, 5) is 25.5. The van der Waals surface area contributed by atoms with Crippen LogP contribution in [0.3, 0.4) is 0 Å². The molecule has 6 heteroatoms. The summed E-state index contributed by atoms with van der Waals surface area (Å²) in [6, 6.07) is 6.45. The highest BCUT2D eigenvalue weighted by Gasteiger charge is 2.45. The number of halogens is 1. The SMILES string of the molecule is CC(C)(C)OC(=O)N1C(=O)CC(c2ccc(Cl)cc2)[C@H]1CO. The third-order valence-corrected chi connectivity index (χ3v) is 3.79. The molecule has 1 saturated heterocycles. The number of amides is 2. The summed E-state index contributed by atoms with van der Waals surface area (Å²) in [6.07, 6.45) is -0.556. The van der Waals surface area contributed by atoms with Crippen LogP contribution < -0.4 is 0 Å². The summed E-state index contributed by atoms with van der Waals surface area (Å²) in [5.74, 6) is -0.601. The quantitative estimate of drug-likeness (QED) is 0.907. The lowest BCUT2D eigenvalue weighted by Crippen LogP contribution is -2.44. The van der Waals surface area contributed by atoms with E-state index >= 15 is 0 Å². The van der Waals surface area contributed by atoms with Gasteiger partial charge >= 0.3 is 6.09 Å². The first kappa shape index (κ1) is 16.8. The van der Waals surface area contributed by atoms with Gasteiger partial charge in [0.2, 0.25) is 5.91 Å². The second-order valence-electron chi connectivity index (χ2n) is 6.36. The minimum atomic E-state index is -0.715. The number of hydrogen-bond donors (Lipinski definition) is 1. The van der Waals surface area contributed by atoms with Crippen molar-refractivity contribution in [3.63, 3.8) is 0 Å². The van der Waals surface area contributed by atoms with Crippen molar-refractivity contribution in [1.82, 2.24) is 4.90 Å². The standard InChI is InChI=1S/C16H20ClNO4/c1-16(2,3)22-15(21)18-13(9-19)12(8-14(18)20)10-4-6-11(17)7-5-10/h4-7,12-13,19H,8-9H2,1-3H3/t12?,13-/m1/s1. The minimum Gasteiger partial charge on any atom is -0.443 e. The molecule has 120 valence electrons. The van der Waals surface area contributed by atoms with Crippen molar-refractivity contribution in [2.75, 3.05) is 6.61 Å². The number of benzene rings is 1. The molecular formula is C16H20ClNO4. The topological polar surface area (TPSA) is 66.8 Å². The first-order chi connectivity index (χ1) is 10.2. The lowest BCUT2D eigenvalue weighted by molar-refractivity contribution is -0.128. The molecule has 0 aromatic heterocycles. The number of carbonyl (C=O) groups is 2. The van der Waals surface area contributed by atoms with Crippen molar-refractivity contribution >= 4 is 23.6 Å². The van der Waals surface area contributed by atoms with Gasteiger partial charge in [0, 0.05) is 17.4 Å². The van der Waals surface area contributed by atoms with E-state index in [1.807, 2.05) is 12.1 Å². The third kappa shape index (κ3) is 3.59. The van der Waals surface area contributed by atoms with E-state index in [4.69, 9.17) is 16.3 Å². The predicted molar refractivity (Wildman–Crippen MR) is 82.8 cm³/mol. The summed E-state index contributed by atoms with van der Waals surface area (Å²) in [6.45, 7) is 4.89. The normalized spacial score (nSPS) is 22.0. The molecule has 0 radical (unpaired) electrons. The molecule has 1 aliphatic rings. The molecule has 0 spiro atoms. The zero-order valence-electron chi connectivity index (χ0n) is 12.9. The van der Waals surface area contributed by atoms with Crippen molar-refractivity contribution in [3.05, 3.63) is 34.9 Å². The molecule has 2 rings (SSSR count). The first-order valence-electron chi connectivity index (χ1n) is 7.14. The van der Waals surface area contributed by atoms with Crippen molar-refractivity contribution in [2.24, 2.45) is 0 Å². The highest BCUT2D eigenvalue weighted by atomic mass is 35.5. The Morgan fingerprint density at radius 1 is 1.36 bits per heavy atom. The molecule has 22 heavy (non-hydrogen) atoms. The molecule has 1 aromatic rings. The number of likely N-dealkylation sites (tertiary alicyclic amines) is 1. The van der Waals surface area contributed by atoms with Gasteiger partial charge in [-0.3, -0.25) is 4.79 Å². The van der Waals surface area contributed by atoms with Gasteiger partial charge < -0.3 is 9.84 Å². The molecule has 1 fully saturated rings. The fraction of sp³-hybridized carbons (Fsp3) is 0.500. The molecule has 1 aromatic carbocycles. The van der Waals surface area contributed by atoms with E-state index < -0.39 is 17.7 Å². The highest BCUT2D eigenvalue weighted by Crippen LogP contribution is 2.35. The van der Waals surface area contributed by atoms with Crippen molar-refractivity contribution in [1.29, 1.82) is 0 Å². The minimum absolute atomic E-state index is 0.159. The van der Waals surface area contributed by atoms with Gasteiger partial charge in [-0.25, -0.2) is 9.69 Å². The Morgan fingerprint density at radius 2 is 1.95 bits per heavy atom. The van der Waals surface area contributed by atoms with Gasteiger partial charge in [-0.2, -0.15) is 0 Å². The monoisotopic (exact) mass is 325 g/mol. The molecule has 0 bridgehead atoms. The van der Waals surface area contributed by atoms with Gasteiger partial charge in [0.25, 0.3) is 0 Å². The van der Waals surface area contributed by atoms with Crippen molar-refractivity contribution in [3.8, 4) is 0 Å². The van der Waals surface area contributed by atoms with Crippen LogP contribution in [0.2, 0.25) is 5.02 Å². The number of rotatable bonds is 2. The molecule has 1 unspecified atom stereocenters. The number of imide groups is 1. The summed E-state index contributed by atoms with van der Waals surface area (Å²) in [7, 11) is 0.